The number of benzene rings is 1. The number of rotatable bonds is 3. The summed E-state index contributed by atoms with van der Waals surface area (Å²) < 4.78 is 0. The van der Waals surface area contributed by atoms with Gasteiger partial charge in [-0.2, -0.15) is 5.26 Å². The summed E-state index contributed by atoms with van der Waals surface area (Å²) in [4.78, 5) is 8.33. The lowest BCUT2D eigenvalue weighted by molar-refractivity contribution is 0.868. The molecule has 0 aliphatic heterocycles. The van der Waals surface area contributed by atoms with Crippen LogP contribution in [0.25, 0.3) is 0 Å². The number of hydrogen-bond donors (Lipinski definition) is 1. The number of para-hydroxylation sites is 1. The first-order valence-corrected chi connectivity index (χ1v) is 6.21. The zero-order valence-corrected chi connectivity index (χ0v) is 11.3. The highest BCUT2D eigenvalue weighted by Gasteiger charge is 2.10. The van der Waals surface area contributed by atoms with E-state index in [0.29, 0.717) is 23.1 Å². The molecular weight excluding hydrogens is 236 g/mol. The van der Waals surface area contributed by atoms with Crippen molar-refractivity contribution in [3.63, 3.8) is 0 Å². The van der Waals surface area contributed by atoms with E-state index < -0.39 is 0 Å². The summed E-state index contributed by atoms with van der Waals surface area (Å²) in [5.41, 5.74) is 2.62. The predicted octanol–water partition coefficient (Wildman–Crippen LogP) is 3.52. The van der Waals surface area contributed by atoms with Gasteiger partial charge in [-0.25, -0.2) is 9.97 Å². The summed E-state index contributed by atoms with van der Waals surface area (Å²) in [6.45, 7) is 6.08. The third kappa shape index (κ3) is 2.89. The van der Waals surface area contributed by atoms with E-state index in [9.17, 15) is 0 Å². The minimum Gasteiger partial charge on any atom is -0.339 e. The second-order valence-electron chi connectivity index (χ2n) is 4.66. The van der Waals surface area contributed by atoms with Crippen LogP contribution in [0.4, 0.5) is 11.5 Å². The van der Waals surface area contributed by atoms with Crippen LogP contribution in [0.2, 0.25) is 0 Å². The number of nitriles is 1. The van der Waals surface area contributed by atoms with Gasteiger partial charge in [0.2, 0.25) is 0 Å². The van der Waals surface area contributed by atoms with Crippen LogP contribution in [0, 0.1) is 18.3 Å². The molecule has 0 unspecified atom stereocenters. The molecule has 0 atom stereocenters. The van der Waals surface area contributed by atoms with Gasteiger partial charge in [0.15, 0.2) is 5.82 Å². The van der Waals surface area contributed by atoms with Gasteiger partial charge >= 0.3 is 0 Å². The van der Waals surface area contributed by atoms with Crippen LogP contribution in [0.5, 0.6) is 0 Å². The molecule has 0 bridgehead atoms. The lowest BCUT2D eigenvalue weighted by Gasteiger charge is -2.14. The zero-order valence-electron chi connectivity index (χ0n) is 11.3. The van der Waals surface area contributed by atoms with E-state index >= 15 is 0 Å². The summed E-state index contributed by atoms with van der Waals surface area (Å²) >= 11 is 0. The molecule has 1 aromatic heterocycles. The maximum atomic E-state index is 9.10. The molecule has 2 aromatic rings. The van der Waals surface area contributed by atoms with Crippen molar-refractivity contribution in [3.05, 3.63) is 47.4 Å². The molecule has 0 saturated carbocycles. The molecule has 19 heavy (non-hydrogen) atoms. The van der Waals surface area contributed by atoms with Crippen LogP contribution < -0.4 is 5.32 Å². The standard InChI is InChI=1S/C15H16N4/c1-10(2)13-6-4-5-7-14(13)19-15-12(8-16)9-17-11(3)18-15/h4-7,9-10H,1-3H3,(H,17,18,19). The van der Waals surface area contributed by atoms with Crippen molar-refractivity contribution >= 4 is 11.5 Å². The molecule has 96 valence electrons. The second-order valence-corrected chi connectivity index (χ2v) is 4.66. The first-order chi connectivity index (χ1) is 9.11. The van der Waals surface area contributed by atoms with Crippen LogP contribution in [0.3, 0.4) is 0 Å². The van der Waals surface area contributed by atoms with Gasteiger partial charge in [-0.3, -0.25) is 0 Å². The minimum absolute atomic E-state index is 0.400. The fourth-order valence-corrected chi connectivity index (χ4v) is 1.89. The Hall–Kier alpha value is -2.41. The normalized spacial score (nSPS) is 10.3. The van der Waals surface area contributed by atoms with Gasteiger partial charge in [-0.05, 0) is 24.5 Å². The number of aromatic nitrogens is 2. The van der Waals surface area contributed by atoms with Crippen LogP contribution in [-0.4, -0.2) is 9.97 Å². The molecule has 1 N–H and O–H groups in total. The maximum Gasteiger partial charge on any atom is 0.152 e. The first-order valence-electron chi connectivity index (χ1n) is 6.21. The number of aryl methyl sites for hydroxylation is 1. The van der Waals surface area contributed by atoms with Gasteiger partial charge in [0.1, 0.15) is 17.5 Å². The highest BCUT2D eigenvalue weighted by Crippen LogP contribution is 2.27. The molecule has 0 saturated heterocycles. The summed E-state index contributed by atoms with van der Waals surface area (Å²) in [6, 6.07) is 10.2. The van der Waals surface area contributed by atoms with Gasteiger partial charge in [-0.15, -0.1) is 0 Å². The molecular formula is C15H16N4. The van der Waals surface area contributed by atoms with Crippen molar-refractivity contribution in [1.82, 2.24) is 9.97 Å². The Bertz CT molecular complexity index is 626. The molecule has 1 heterocycles. The fourth-order valence-electron chi connectivity index (χ4n) is 1.89. The van der Waals surface area contributed by atoms with Crippen molar-refractivity contribution in [2.45, 2.75) is 26.7 Å². The summed E-state index contributed by atoms with van der Waals surface area (Å²) in [7, 11) is 0. The summed E-state index contributed by atoms with van der Waals surface area (Å²) in [5.74, 6) is 1.60. The highest BCUT2D eigenvalue weighted by atomic mass is 15.0. The van der Waals surface area contributed by atoms with Crippen LogP contribution in [0.1, 0.15) is 36.7 Å². The molecule has 4 nitrogen and oxygen atoms in total. The fraction of sp³-hybridized carbons (Fsp3) is 0.267. The molecule has 0 spiro atoms. The largest absolute Gasteiger partial charge is 0.339 e. The smallest absolute Gasteiger partial charge is 0.152 e. The summed E-state index contributed by atoms with van der Waals surface area (Å²) in [5, 5.41) is 12.3. The zero-order chi connectivity index (χ0) is 13.8. The van der Waals surface area contributed by atoms with Gasteiger partial charge in [0.05, 0.1) is 6.20 Å². The van der Waals surface area contributed by atoms with E-state index in [2.05, 4.69) is 41.3 Å². The van der Waals surface area contributed by atoms with Crippen molar-refractivity contribution < 1.29 is 0 Å². The quantitative estimate of drug-likeness (QED) is 0.907. The average Bonchev–Trinajstić information content (AvgIpc) is 2.39. The van der Waals surface area contributed by atoms with Gasteiger partial charge in [-0.1, -0.05) is 32.0 Å². The highest BCUT2D eigenvalue weighted by molar-refractivity contribution is 5.65. The second kappa shape index (κ2) is 5.49. The number of anilines is 2. The first kappa shape index (κ1) is 13.0. The third-order valence-electron chi connectivity index (χ3n) is 2.87. The van der Waals surface area contributed by atoms with E-state index in [1.165, 1.54) is 5.56 Å². The van der Waals surface area contributed by atoms with Gasteiger partial charge in [0.25, 0.3) is 0 Å². The van der Waals surface area contributed by atoms with Crippen molar-refractivity contribution in [2.24, 2.45) is 0 Å². The van der Waals surface area contributed by atoms with Gasteiger partial charge in [0, 0.05) is 5.69 Å². The molecule has 0 aliphatic carbocycles. The van der Waals surface area contributed by atoms with Crippen molar-refractivity contribution in [1.29, 1.82) is 5.26 Å². The van der Waals surface area contributed by atoms with Crippen LogP contribution in [-0.2, 0) is 0 Å². The number of nitrogens with one attached hydrogen (secondary N) is 1. The van der Waals surface area contributed by atoms with Crippen LogP contribution in [0.15, 0.2) is 30.5 Å². The average molecular weight is 252 g/mol. The molecule has 4 heteroatoms. The molecule has 2 rings (SSSR count). The molecule has 0 amide bonds. The van der Waals surface area contributed by atoms with Crippen molar-refractivity contribution in [3.8, 4) is 6.07 Å². The maximum absolute atomic E-state index is 9.10. The van der Waals surface area contributed by atoms with Gasteiger partial charge < -0.3 is 5.32 Å². The predicted molar refractivity (Wildman–Crippen MR) is 75.3 cm³/mol. The Kier molecular flexibility index (Phi) is 3.76. The van der Waals surface area contributed by atoms with E-state index in [-0.39, 0.29) is 0 Å². The van der Waals surface area contributed by atoms with Crippen LogP contribution >= 0.6 is 0 Å². The summed E-state index contributed by atoms with van der Waals surface area (Å²) in [6.07, 6.45) is 1.54. The van der Waals surface area contributed by atoms with E-state index in [4.69, 9.17) is 5.26 Å². The Labute approximate surface area is 113 Å². The lowest BCUT2D eigenvalue weighted by atomic mass is 10.0. The van der Waals surface area contributed by atoms with E-state index in [1.807, 2.05) is 18.2 Å². The third-order valence-corrected chi connectivity index (χ3v) is 2.87. The number of nitrogens with zero attached hydrogens (tertiary/aromatic N) is 3. The Morgan fingerprint density at radius 1 is 1.26 bits per heavy atom. The van der Waals surface area contributed by atoms with Crippen molar-refractivity contribution in [2.75, 3.05) is 5.32 Å². The minimum atomic E-state index is 0.400. The molecule has 1 aromatic carbocycles. The van der Waals surface area contributed by atoms with E-state index in [0.717, 1.165) is 5.69 Å². The number of hydrogen-bond acceptors (Lipinski definition) is 4. The molecule has 0 aliphatic rings. The Morgan fingerprint density at radius 2 is 2.00 bits per heavy atom. The monoisotopic (exact) mass is 252 g/mol. The lowest BCUT2D eigenvalue weighted by Crippen LogP contribution is -2.03. The van der Waals surface area contributed by atoms with E-state index in [1.54, 1.807) is 13.1 Å². The Balaban J connectivity index is 2.42. The Morgan fingerprint density at radius 3 is 2.68 bits per heavy atom. The molecule has 0 radical (unpaired) electrons. The molecule has 0 fully saturated rings. The topological polar surface area (TPSA) is 61.6 Å². The SMILES string of the molecule is Cc1ncc(C#N)c(Nc2ccccc2C(C)C)n1.